The van der Waals surface area contributed by atoms with Crippen LogP contribution in [0.4, 0.5) is 0 Å². The molecule has 1 rings (SSSR count). The molecule has 0 saturated heterocycles. The molecular weight excluding hydrogens is 232 g/mol. The summed E-state index contributed by atoms with van der Waals surface area (Å²) >= 11 is 0. The van der Waals surface area contributed by atoms with Crippen molar-refractivity contribution < 1.29 is 14.3 Å². The number of nitrogens with one attached hydrogen (secondary N) is 1. The van der Waals surface area contributed by atoms with Gasteiger partial charge in [-0.3, -0.25) is 10.1 Å². The Morgan fingerprint density at radius 2 is 2.17 bits per heavy atom. The number of methoxy groups -OCH3 is 2. The molecule has 1 unspecified atom stereocenters. The summed E-state index contributed by atoms with van der Waals surface area (Å²) in [5.74, 6) is 0.463. The van der Waals surface area contributed by atoms with E-state index in [1.54, 1.807) is 13.3 Å². The average Bonchev–Trinajstić information content (AvgIpc) is 2.38. The van der Waals surface area contributed by atoms with Crippen molar-refractivity contribution in [3.63, 3.8) is 0 Å². The summed E-state index contributed by atoms with van der Waals surface area (Å²) in [6.45, 7) is 4.44. The quantitative estimate of drug-likeness (QED) is 0.775. The van der Waals surface area contributed by atoms with Gasteiger partial charge in [-0.2, -0.15) is 0 Å². The Morgan fingerprint density at radius 3 is 2.72 bits per heavy atom. The predicted molar refractivity (Wildman–Crippen MR) is 68.3 cm³/mol. The van der Waals surface area contributed by atoms with Gasteiger partial charge in [-0.15, -0.1) is 0 Å². The topological polar surface area (TPSA) is 60.5 Å². The molecule has 5 heteroatoms. The van der Waals surface area contributed by atoms with Gasteiger partial charge in [0.05, 0.1) is 14.2 Å². The van der Waals surface area contributed by atoms with Crippen LogP contribution in [0, 0.1) is 5.92 Å². The predicted octanol–water partition coefficient (Wildman–Crippen LogP) is 1.38. The summed E-state index contributed by atoms with van der Waals surface area (Å²) in [6, 6.07) is 3.41. The lowest BCUT2D eigenvalue weighted by molar-refractivity contribution is -0.144. The maximum Gasteiger partial charge on any atom is 0.323 e. The summed E-state index contributed by atoms with van der Waals surface area (Å²) in [5, 5.41) is 3.17. The average molecular weight is 252 g/mol. The molecule has 0 fully saturated rings. The highest BCUT2D eigenvalue weighted by Crippen LogP contribution is 2.14. The van der Waals surface area contributed by atoms with Crippen LogP contribution >= 0.6 is 0 Å². The van der Waals surface area contributed by atoms with E-state index in [-0.39, 0.29) is 17.9 Å². The molecule has 0 aliphatic heterocycles. The lowest BCUT2D eigenvalue weighted by Crippen LogP contribution is -2.41. The fraction of sp³-hybridized carbons (Fsp3) is 0.538. The molecule has 1 heterocycles. The minimum Gasteiger partial charge on any atom is -0.481 e. The zero-order chi connectivity index (χ0) is 13.5. The second-order valence-corrected chi connectivity index (χ2v) is 4.30. The van der Waals surface area contributed by atoms with Gasteiger partial charge in [0.1, 0.15) is 6.04 Å². The van der Waals surface area contributed by atoms with Crippen molar-refractivity contribution in [3.8, 4) is 5.88 Å². The fourth-order valence-electron chi connectivity index (χ4n) is 1.68. The second kappa shape index (κ2) is 6.96. The largest absolute Gasteiger partial charge is 0.481 e. The Bertz CT molecular complexity index is 394. The van der Waals surface area contributed by atoms with Crippen LogP contribution in [0.2, 0.25) is 0 Å². The molecule has 1 aromatic rings. The molecule has 5 nitrogen and oxygen atoms in total. The molecule has 0 aliphatic rings. The first-order valence-corrected chi connectivity index (χ1v) is 5.89. The Hall–Kier alpha value is -1.62. The molecule has 0 bridgehead atoms. The molecule has 0 aliphatic carbocycles. The highest BCUT2D eigenvalue weighted by atomic mass is 16.5. The lowest BCUT2D eigenvalue weighted by atomic mass is 10.0. The molecular formula is C13H20N2O3. The van der Waals surface area contributed by atoms with Crippen LogP contribution in [0.15, 0.2) is 18.3 Å². The van der Waals surface area contributed by atoms with Crippen molar-refractivity contribution in [3.05, 3.63) is 23.9 Å². The lowest BCUT2D eigenvalue weighted by Gasteiger charge is -2.20. The zero-order valence-corrected chi connectivity index (χ0v) is 11.3. The van der Waals surface area contributed by atoms with Crippen molar-refractivity contribution in [1.29, 1.82) is 0 Å². The van der Waals surface area contributed by atoms with Crippen LogP contribution in [-0.2, 0) is 16.1 Å². The van der Waals surface area contributed by atoms with E-state index in [0.29, 0.717) is 12.4 Å². The first-order chi connectivity index (χ1) is 8.60. The maximum atomic E-state index is 11.6. The molecule has 1 aromatic heterocycles. The van der Waals surface area contributed by atoms with Gasteiger partial charge in [-0.05, 0) is 12.0 Å². The summed E-state index contributed by atoms with van der Waals surface area (Å²) in [6.07, 6.45) is 1.67. The standard InChI is InChI=1S/C13H20N2O3/c1-9(2)11(13(16)18-4)15-8-10-6-5-7-14-12(10)17-3/h5-7,9,11,15H,8H2,1-4H3. The van der Waals surface area contributed by atoms with E-state index >= 15 is 0 Å². The molecule has 0 saturated carbocycles. The van der Waals surface area contributed by atoms with E-state index in [9.17, 15) is 4.79 Å². The number of hydrogen-bond donors (Lipinski definition) is 1. The van der Waals surface area contributed by atoms with Crippen LogP contribution in [0.1, 0.15) is 19.4 Å². The van der Waals surface area contributed by atoms with Crippen LogP contribution in [0.3, 0.4) is 0 Å². The molecule has 1 N–H and O–H groups in total. The zero-order valence-electron chi connectivity index (χ0n) is 11.3. The fourth-order valence-corrected chi connectivity index (χ4v) is 1.68. The monoisotopic (exact) mass is 252 g/mol. The highest BCUT2D eigenvalue weighted by Gasteiger charge is 2.22. The number of esters is 1. The van der Waals surface area contributed by atoms with E-state index < -0.39 is 0 Å². The van der Waals surface area contributed by atoms with Crippen LogP contribution in [0.5, 0.6) is 5.88 Å². The SMILES string of the molecule is COC(=O)C(NCc1cccnc1OC)C(C)C. The van der Waals surface area contributed by atoms with E-state index in [0.717, 1.165) is 5.56 Å². The molecule has 0 aromatic carbocycles. The number of rotatable bonds is 6. The number of ether oxygens (including phenoxy) is 2. The Balaban J connectivity index is 2.70. The Kier molecular flexibility index (Phi) is 5.58. The minimum absolute atomic E-state index is 0.153. The van der Waals surface area contributed by atoms with Gasteiger partial charge < -0.3 is 9.47 Å². The summed E-state index contributed by atoms with van der Waals surface area (Å²) in [7, 11) is 2.97. The van der Waals surface area contributed by atoms with Gasteiger partial charge >= 0.3 is 5.97 Å². The number of pyridine rings is 1. The summed E-state index contributed by atoms with van der Waals surface area (Å²) in [5.41, 5.74) is 0.912. The third kappa shape index (κ3) is 3.70. The Morgan fingerprint density at radius 1 is 1.44 bits per heavy atom. The van der Waals surface area contributed by atoms with Gasteiger partial charge in [-0.25, -0.2) is 4.98 Å². The first kappa shape index (κ1) is 14.4. The smallest absolute Gasteiger partial charge is 0.323 e. The normalized spacial score (nSPS) is 12.3. The van der Waals surface area contributed by atoms with Crippen LogP contribution < -0.4 is 10.1 Å². The van der Waals surface area contributed by atoms with Gasteiger partial charge in [0.25, 0.3) is 0 Å². The van der Waals surface area contributed by atoms with E-state index in [1.807, 2.05) is 26.0 Å². The van der Waals surface area contributed by atoms with E-state index in [4.69, 9.17) is 9.47 Å². The molecule has 1 atom stereocenters. The Labute approximate surface area is 108 Å². The van der Waals surface area contributed by atoms with E-state index in [2.05, 4.69) is 10.3 Å². The van der Waals surface area contributed by atoms with Gasteiger partial charge in [-0.1, -0.05) is 19.9 Å². The molecule has 18 heavy (non-hydrogen) atoms. The third-order valence-electron chi connectivity index (χ3n) is 2.68. The third-order valence-corrected chi connectivity index (χ3v) is 2.68. The minimum atomic E-state index is -0.333. The number of hydrogen-bond acceptors (Lipinski definition) is 5. The highest BCUT2D eigenvalue weighted by molar-refractivity contribution is 5.75. The van der Waals surface area contributed by atoms with Crippen molar-refractivity contribution in [1.82, 2.24) is 10.3 Å². The van der Waals surface area contributed by atoms with Crippen molar-refractivity contribution >= 4 is 5.97 Å². The second-order valence-electron chi connectivity index (χ2n) is 4.30. The summed E-state index contributed by atoms with van der Waals surface area (Å²) < 4.78 is 9.93. The first-order valence-electron chi connectivity index (χ1n) is 5.89. The number of aromatic nitrogens is 1. The molecule has 100 valence electrons. The van der Waals surface area contributed by atoms with Crippen LogP contribution in [-0.4, -0.2) is 31.2 Å². The van der Waals surface area contributed by atoms with Crippen molar-refractivity contribution in [2.75, 3.05) is 14.2 Å². The van der Waals surface area contributed by atoms with Crippen LogP contribution in [0.25, 0.3) is 0 Å². The maximum absolute atomic E-state index is 11.6. The van der Waals surface area contributed by atoms with Crippen molar-refractivity contribution in [2.45, 2.75) is 26.4 Å². The van der Waals surface area contributed by atoms with Gasteiger partial charge in [0.2, 0.25) is 5.88 Å². The molecule has 0 radical (unpaired) electrons. The number of carbonyl (C=O) groups excluding carboxylic acids is 1. The van der Waals surface area contributed by atoms with Gasteiger partial charge in [0.15, 0.2) is 0 Å². The van der Waals surface area contributed by atoms with Crippen molar-refractivity contribution in [2.24, 2.45) is 5.92 Å². The number of carbonyl (C=O) groups is 1. The number of nitrogens with zero attached hydrogens (tertiary/aromatic N) is 1. The molecule has 0 amide bonds. The van der Waals surface area contributed by atoms with Gasteiger partial charge in [0, 0.05) is 18.3 Å². The summed E-state index contributed by atoms with van der Waals surface area (Å²) in [4.78, 5) is 15.7. The van der Waals surface area contributed by atoms with E-state index in [1.165, 1.54) is 7.11 Å². The molecule has 0 spiro atoms.